The van der Waals surface area contributed by atoms with Gasteiger partial charge in [0.25, 0.3) is 0 Å². The molecule has 80 heavy (non-hydrogen) atoms. The maximum absolute atomic E-state index is 12.8. The third kappa shape index (κ3) is 63.3. The molecule has 0 bridgehead atoms. The smallest absolute Gasteiger partial charge is 0.306 e. The van der Waals surface area contributed by atoms with E-state index >= 15 is 0 Å². The van der Waals surface area contributed by atoms with E-state index < -0.39 is 6.10 Å². The molecule has 0 spiro atoms. The van der Waals surface area contributed by atoms with Crippen molar-refractivity contribution in [2.45, 2.75) is 252 Å². The average molecular weight is 1100 g/mol. The van der Waals surface area contributed by atoms with Crippen LogP contribution in [-0.2, 0) is 28.6 Å². The number of hydrogen-bond acceptors (Lipinski definition) is 6. The van der Waals surface area contributed by atoms with Crippen LogP contribution < -0.4 is 0 Å². The number of esters is 3. The highest BCUT2D eigenvalue weighted by Gasteiger charge is 2.19. The van der Waals surface area contributed by atoms with E-state index in [9.17, 15) is 14.4 Å². The van der Waals surface area contributed by atoms with Crippen molar-refractivity contribution in [2.24, 2.45) is 0 Å². The molecule has 0 aliphatic rings. The molecular formula is C74H114O6. The number of unbranched alkanes of at least 4 members (excludes halogenated alkanes) is 14. The Kier molecular flexibility index (Phi) is 61.5. The van der Waals surface area contributed by atoms with Crippen molar-refractivity contribution in [3.05, 3.63) is 182 Å². The van der Waals surface area contributed by atoms with Crippen molar-refractivity contribution in [1.29, 1.82) is 0 Å². The lowest BCUT2D eigenvalue weighted by molar-refractivity contribution is -0.167. The number of carbonyl (C=O) groups is 3. The Morgan fingerprint density at radius 3 is 0.762 bits per heavy atom. The van der Waals surface area contributed by atoms with Gasteiger partial charge in [0.05, 0.1) is 0 Å². The molecule has 0 aromatic rings. The highest BCUT2D eigenvalue weighted by Crippen LogP contribution is 2.13. The molecular weight excluding hydrogens is 985 g/mol. The monoisotopic (exact) mass is 1100 g/mol. The zero-order valence-corrected chi connectivity index (χ0v) is 51.0. The fourth-order valence-electron chi connectivity index (χ4n) is 7.97. The van der Waals surface area contributed by atoms with Crippen molar-refractivity contribution in [1.82, 2.24) is 0 Å². The first-order valence-corrected chi connectivity index (χ1v) is 31.8. The summed E-state index contributed by atoms with van der Waals surface area (Å²) in [6, 6.07) is 0. The number of hydrogen-bond donors (Lipinski definition) is 0. The predicted octanol–water partition coefficient (Wildman–Crippen LogP) is 22.0. The molecule has 0 fully saturated rings. The van der Waals surface area contributed by atoms with Gasteiger partial charge in [-0.05, 0) is 141 Å². The quantitative estimate of drug-likeness (QED) is 0.0261. The molecule has 446 valence electrons. The lowest BCUT2D eigenvalue weighted by Crippen LogP contribution is -2.30. The molecule has 0 saturated carbocycles. The molecule has 0 amide bonds. The van der Waals surface area contributed by atoms with Gasteiger partial charge in [-0.1, -0.05) is 267 Å². The molecule has 0 N–H and O–H groups in total. The van der Waals surface area contributed by atoms with Gasteiger partial charge in [0, 0.05) is 19.3 Å². The SMILES string of the molecule is CC/C=C\C/C=C\C/C=C\C/C=C\C/C=C\C/C=C\C/C=C\C/C=C\C/C=C\CCCCCCCC(=O)OCC(COC(=O)CCCCCCCC)OC(=O)CCCCCC/C=C\C/C=C\C/C=C\C/C=C\C/C=C\C/C=C\CC. The third-order valence-electron chi connectivity index (χ3n) is 12.7. The third-order valence-corrected chi connectivity index (χ3v) is 12.7. The predicted molar refractivity (Wildman–Crippen MR) is 348 cm³/mol. The van der Waals surface area contributed by atoms with Gasteiger partial charge in [-0.3, -0.25) is 14.4 Å². The Morgan fingerprint density at radius 2 is 0.487 bits per heavy atom. The minimum atomic E-state index is -0.807. The number of rotatable bonds is 55. The average Bonchev–Trinajstić information content (AvgIpc) is 3.46. The Bertz CT molecular complexity index is 1890. The van der Waals surface area contributed by atoms with Crippen molar-refractivity contribution in [3.63, 3.8) is 0 Å². The molecule has 0 aromatic heterocycles. The first kappa shape index (κ1) is 74.5. The molecule has 1 unspecified atom stereocenters. The maximum Gasteiger partial charge on any atom is 0.306 e. The first-order valence-electron chi connectivity index (χ1n) is 31.8. The highest BCUT2D eigenvalue weighted by atomic mass is 16.6. The second-order valence-electron chi connectivity index (χ2n) is 20.2. The molecule has 0 radical (unpaired) electrons. The topological polar surface area (TPSA) is 78.9 Å². The summed E-state index contributed by atoms with van der Waals surface area (Å²) in [5.74, 6) is -0.968. The van der Waals surface area contributed by atoms with Crippen LogP contribution in [0.15, 0.2) is 182 Å². The number of carbonyl (C=O) groups excluding carboxylic acids is 3. The van der Waals surface area contributed by atoms with Crippen LogP contribution in [-0.4, -0.2) is 37.2 Å². The van der Waals surface area contributed by atoms with Crippen LogP contribution in [0.1, 0.15) is 245 Å². The molecule has 1 atom stereocenters. The zero-order chi connectivity index (χ0) is 57.8. The summed E-state index contributed by atoms with van der Waals surface area (Å²) in [7, 11) is 0. The normalized spacial score (nSPS) is 13.4. The van der Waals surface area contributed by atoms with Crippen LogP contribution in [0.4, 0.5) is 0 Å². The van der Waals surface area contributed by atoms with Crippen LogP contribution in [0.5, 0.6) is 0 Å². The summed E-state index contributed by atoms with van der Waals surface area (Å²) in [5, 5.41) is 0. The first-order chi connectivity index (χ1) is 39.5. The van der Waals surface area contributed by atoms with Crippen LogP contribution in [0, 0.1) is 0 Å². The molecule has 0 heterocycles. The minimum absolute atomic E-state index is 0.103. The summed E-state index contributed by atoms with van der Waals surface area (Å²) in [5.41, 5.74) is 0. The maximum atomic E-state index is 12.8. The molecule has 6 heteroatoms. The van der Waals surface area contributed by atoms with Crippen molar-refractivity contribution in [2.75, 3.05) is 13.2 Å². The van der Waals surface area contributed by atoms with E-state index in [1.54, 1.807) is 0 Å². The van der Waals surface area contributed by atoms with E-state index in [1.165, 1.54) is 19.3 Å². The van der Waals surface area contributed by atoms with E-state index in [0.717, 1.165) is 186 Å². The van der Waals surface area contributed by atoms with E-state index in [0.29, 0.717) is 12.8 Å². The Labute approximate surface area is 491 Å². The zero-order valence-electron chi connectivity index (χ0n) is 51.0. The summed E-state index contributed by atoms with van der Waals surface area (Å²) < 4.78 is 16.7. The van der Waals surface area contributed by atoms with Crippen LogP contribution in [0.25, 0.3) is 0 Å². The van der Waals surface area contributed by atoms with Crippen LogP contribution >= 0.6 is 0 Å². The van der Waals surface area contributed by atoms with Gasteiger partial charge in [-0.25, -0.2) is 0 Å². The van der Waals surface area contributed by atoms with Crippen LogP contribution in [0.3, 0.4) is 0 Å². The lowest BCUT2D eigenvalue weighted by Gasteiger charge is -2.18. The van der Waals surface area contributed by atoms with Gasteiger partial charge < -0.3 is 14.2 Å². The molecule has 6 nitrogen and oxygen atoms in total. The molecule has 0 aliphatic carbocycles. The minimum Gasteiger partial charge on any atom is -0.462 e. The number of allylic oxidation sites excluding steroid dienone is 30. The van der Waals surface area contributed by atoms with E-state index in [4.69, 9.17) is 14.2 Å². The number of ether oxygens (including phenoxy) is 3. The van der Waals surface area contributed by atoms with Crippen molar-refractivity contribution >= 4 is 17.9 Å². The second-order valence-corrected chi connectivity index (χ2v) is 20.2. The van der Waals surface area contributed by atoms with Crippen molar-refractivity contribution in [3.8, 4) is 0 Å². The van der Waals surface area contributed by atoms with Gasteiger partial charge in [0.1, 0.15) is 13.2 Å². The lowest BCUT2D eigenvalue weighted by atomic mass is 10.1. The molecule has 0 aliphatic heterocycles. The second kappa shape index (κ2) is 66.0. The summed E-state index contributed by atoms with van der Waals surface area (Å²) in [4.78, 5) is 38.0. The van der Waals surface area contributed by atoms with Gasteiger partial charge in [0.15, 0.2) is 6.10 Å². The summed E-state index contributed by atoms with van der Waals surface area (Å²) >= 11 is 0. The van der Waals surface area contributed by atoms with E-state index in [-0.39, 0.29) is 37.5 Å². The Hall–Kier alpha value is -5.49. The standard InChI is InChI=1S/C74H114O6/c1-4-7-10-13-16-18-20-22-24-26-28-30-32-33-34-35-36-37-38-39-40-41-43-44-46-48-50-52-54-56-58-61-64-67-73(76)79-70-71(69-78-72(75)66-63-60-15-12-9-6-3)80-74(77)68-65-62-59-57-55-53-51-49-47-45-42-31-29-27-25-23-21-19-17-14-11-8-5-2/h7-8,10-11,16-19,22-25,28-31,33-34,36-37,39-40,43-45,47-48,50-51,53,71H,4-6,9,12-15,20-21,26-27,32,35,38,41-42,46,49,52,54-70H2,1-3H3/b10-7-,11-8-,18-16-,19-17-,24-22-,25-23-,30-28-,31-29-,34-33-,37-36-,40-39-,44-43-,47-45-,50-48-,53-51-. The largest absolute Gasteiger partial charge is 0.462 e. The highest BCUT2D eigenvalue weighted by molar-refractivity contribution is 5.71. The van der Waals surface area contributed by atoms with Gasteiger partial charge in [-0.15, -0.1) is 0 Å². The fourth-order valence-corrected chi connectivity index (χ4v) is 7.97. The van der Waals surface area contributed by atoms with Gasteiger partial charge in [0.2, 0.25) is 0 Å². The van der Waals surface area contributed by atoms with Gasteiger partial charge in [-0.2, -0.15) is 0 Å². The van der Waals surface area contributed by atoms with Crippen molar-refractivity contribution < 1.29 is 28.6 Å². The molecule has 0 saturated heterocycles. The summed E-state index contributed by atoms with van der Waals surface area (Å²) in [6.07, 6.45) is 99.3. The Balaban J connectivity index is 4.25. The van der Waals surface area contributed by atoms with E-state index in [1.807, 2.05) is 0 Å². The summed E-state index contributed by atoms with van der Waals surface area (Å²) in [6.45, 7) is 6.29. The fraction of sp³-hybridized carbons (Fsp3) is 0.554. The molecule has 0 rings (SSSR count). The molecule has 0 aromatic carbocycles. The van der Waals surface area contributed by atoms with Crippen LogP contribution in [0.2, 0.25) is 0 Å². The van der Waals surface area contributed by atoms with Gasteiger partial charge >= 0.3 is 17.9 Å². The Morgan fingerprint density at radius 1 is 0.263 bits per heavy atom. The van der Waals surface area contributed by atoms with E-state index in [2.05, 4.69) is 203 Å².